The monoisotopic (exact) mass is 305 g/mol. The number of carboxylic acid groups (broad SMARTS) is 1. The molecule has 8 heteroatoms. The van der Waals surface area contributed by atoms with Gasteiger partial charge in [-0.3, -0.25) is 4.79 Å². The summed E-state index contributed by atoms with van der Waals surface area (Å²) >= 11 is 1.03. The molecule has 0 saturated carbocycles. The van der Waals surface area contributed by atoms with Crippen LogP contribution in [0.1, 0.15) is 15.2 Å². The first kappa shape index (κ1) is 16.3. The highest BCUT2D eigenvalue weighted by molar-refractivity contribution is 7.12. The summed E-state index contributed by atoms with van der Waals surface area (Å²) in [7, 11) is 0. The Hall–Kier alpha value is -1.80. The topological polar surface area (TPSA) is 77.8 Å². The van der Waals surface area contributed by atoms with E-state index in [1.54, 1.807) is 5.38 Å². The largest absolute Gasteiger partial charge is 0.478 e. The molecular weight excluding hydrogens is 292 g/mol. The number of alkyl halides is 2. The minimum absolute atomic E-state index is 0.164. The highest BCUT2D eigenvalue weighted by atomic mass is 32.1. The van der Waals surface area contributed by atoms with Gasteiger partial charge in [-0.25, -0.2) is 13.6 Å². The summed E-state index contributed by atoms with van der Waals surface area (Å²) in [4.78, 5) is 23.6. The molecule has 1 amide bonds. The first-order valence-electron chi connectivity index (χ1n) is 5.62. The van der Waals surface area contributed by atoms with Gasteiger partial charge in [-0.15, -0.1) is 11.3 Å². The Labute approximate surface area is 117 Å². The van der Waals surface area contributed by atoms with Gasteiger partial charge >= 0.3 is 5.97 Å². The van der Waals surface area contributed by atoms with E-state index in [0.29, 0.717) is 5.56 Å². The number of nitrogens with zero attached hydrogens (tertiary/aromatic N) is 1. The third-order valence-corrected chi connectivity index (χ3v) is 3.23. The fraction of sp³-hybridized carbons (Fsp3) is 0.333. The Morgan fingerprint density at radius 1 is 1.45 bits per heavy atom. The van der Waals surface area contributed by atoms with Crippen molar-refractivity contribution in [1.29, 1.82) is 0 Å². The lowest BCUT2D eigenvalue weighted by atomic mass is 10.2. The third-order valence-electron chi connectivity index (χ3n) is 2.31. The van der Waals surface area contributed by atoms with Gasteiger partial charge in [-0.2, -0.15) is 0 Å². The van der Waals surface area contributed by atoms with E-state index in [0.717, 1.165) is 22.3 Å². The molecule has 0 radical (unpaired) electrons. The van der Waals surface area contributed by atoms with Gasteiger partial charge in [-0.1, -0.05) is 0 Å². The first-order chi connectivity index (χ1) is 9.45. The van der Waals surface area contributed by atoms with Gasteiger partial charge < -0.3 is 15.1 Å². The number of hydrogen-bond donors (Lipinski definition) is 2. The van der Waals surface area contributed by atoms with Crippen molar-refractivity contribution in [3.8, 4) is 0 Å². The number of carbonyl (C=O) groups excluding carboxylic acids is 1. The summed E-state index contributed by atoms with van der Waals surface area (Å²) in [6, 6.07) is 1.52. The number of aliphatic hydroxyl groups is 1. The van der Waals surface area contributed by atoms with E-state index < -0.39 is 31.5 Å². The van der Waals surface area contributed by atoms with Crippen LogP contribution in [0.5, 0.6) is 0 Å². The number of aliphatic carboxylic acids is 1. The second kappa shape index (κ2) is 7.71. The number of halogens is 2. The number of rotatable bonds is 7. The highest BCUT2D eigenvalue weighted by Gasteiger charge is 2.22. The quantitative estimate of drug-likeness (QED) is 0.749. The normalized spacial score (nSPS) is 11.2. The fourth-order valence-corrected chi connectivity index (χ4v) is 2.34. The van der Waals surface area contributed by atoms with E-state index in [2.05, 4.69) is 0 Å². The van der Waals surface area contributed by atoms with Crippen molar-refractivity contribution < 1.29 is 28.6 Å². The SMILES string of the molecule is O=C(O)/C=C/c1ccsc1C(=O)N(CCO)CC(F)F. The Morgan fingerprint density at radius 3 is 2.70 bits per heavy atom. The standard InChI is InChI=1S/C12H13F2NO4S/c13-9(14)7-15(4-5-16)12(19)11-8(3-6-20-11)1-2-10(17)18/h1-3,6,9,16H,4-5,7H2,(H,17,18)/b2-1+. The van der Waals surface area contributed by atoms with Gasteiger partial charge in [-0.05, 0) is 23.1 Å². The lowest BCUT2D eigenvalue weighted by molar-refractivity contribution is -0.131. The van der Waals surface area contributed by atoms with Crippen molar-refractivity contribution in [1.82, 2.24) is 4.90 Å². The average molecular weight is 305 g/mol. The molecule has 5 nitrogen and oxygen atoms in total. The number of hydrogen-bond acceptors (Lipinski definition) is 4. The second-order valence-corrected chi connectivity index (χ2v) is 4.66. The minimum Gasteiger partial charge on any atom is -0.478 e. The molecule has 1 rings (SSSR count). The molecular formula is C12H13F2NO4S. The number of amides is 1. The molecule has 0 bridgehead atoms. The minimum atomic E-state index is -2.71. The molecule has 0 aliphatic heterocycles. The van der Waals surface area contributed by atoms with Crippen molar-refractivity contribution in [2.24, 2.45) is 0 Å². The maximum absolute atomic E-state index is 12.4. The maximum Gasteiger partial charge on any atom is 0.328 e. The smallest absolute Gasteiger partial charge is 0.328 e. The summed E-state index contributed by atoms with van der Waals surface area (Å²) in [6.45, 7) is -1.41. The molecule has 1 aromatic heterocycles. The van der Waals surface area contributed by atoms with Gasteiger partial charge in [0.05, 0.1) is 18.0 Å². The van der Waals surface area contributed by atoms with Crippen molar-refractivity contribution in [2.75, 3.05) is 19.7 Å². The predicted molar refractivity (Wildman–Crippen MR) is 70.0 cm³/mol. The summed E-state index contributed by atoms with van der Waals surface area (Å²) in [5, 5.41) is 18.9. The third kappa shape index (κ3) is 4.71. The van der Waals surface area contributed by atoms with Crippen LogP contribution in [0.4, 0.5) is 8.78 Å². The fourth-order valence-electron chi connectivity index (χ4n) is 1.49. The molecule has 0 unspecified atom stereocenters. The average Bonchev–Trinajstić information content (AvgIpc) is 2.82. The molecule has 0 spiro atoms. The summed E-state index contributed by atoms with van der Waals surface area (Å²) in [5.74, 6) is -1.83. The Morgan fingerprint density at radius 2 is 2.15 bits per heavy atom. The molecule has 0 aromatic carbocycles. The molecule has 1 heterocycles. The Bertz CT molecular complexity index is 501. The zero-order valence-corrected chi connectivity index (χ0v) is 11.1. The molecule has 110 valence electrons. The van der Waals surface area contributed by atoms with E-state index in [4.69, 9.17) is 10.2 Å². The molecule has 0 saturated heterocycles. The Kier molecular flexibility index (Phi) is 6.26. The number of aliphatic hydroxyl groups excluding tert-OH is 1. The zero-order valence-electron chi connectivity index (χ0n) is 10.3. The van der Waals surface area contributed by atoms with Crippen LogP contribution in [-0.4, -0.2) is 53.1 Å². The van der Waals surface area contributed by atoms with Crippen LogP contribution in [0.3, 0.4) is 0 Å². The number of carboxylic acids is 1. The van der Waals surface area contributed by atoms with Crippen molar-refractivity contribution in [3.05, 3.63) is 28.0 Å². The highest BCUT2D eigenvalue weighted by Crippen LogP contribution is 2.21. The van der Waals surface area contributed by atoms with Crippen LogP contribution >= 0.6 is 11.3 Å². The second-order valence-electron chi connectivity index (χ2n) is 3.74. The van der Waals surface area contributed by atoms with E-state index in [1.807, 2.05) is 0 Å². The van der Waals surface area contributed by atoms with Crippen molar-refractivity contribution in [2.45, 2.75) is 6.43 Å². The van der Waals surface area contributed by atoms with Gasteiger partial charge in [0.15, 0.2) is 0 Å². The molecule has 20 heavy (non-hydrogen) atoms. The number of thiophene rings is 1. The van der Waals surface area contributed by atoms with E-state index in [-0.39, 0.29) is 11.4 Å². The van der Waals surface area contributed by atoms with Crippen LogP contribution < -0.4 is 0 Å². The predicted octanol–water partition coefficient (Wildman–Crippen LogP) is 1.55. The van der Waals surface area contributed by atoms with E-state index in [9.17, 15) is 18.4 Å². The molecule has 0 aliphatic carbocycles. The van der Waals surface area contributed by atoms with Crippen LogP contribution in [0.2, 0.25) is 0 Å². The molecule has 0 atom stereocenters. The van der Waals surface area contributed by atoms with Gasteiger partial charge in [0.2, 0.25) is 0 Å². The van der Waals surface area contributed by atoms with Gasteiger partial charge in [0, 0.05) is 12.6 Å². The molecule has 1 aromatic rings. The summed E-state index contributed by atoms with van der Waals surface area (Å²) in [5.41, 5.74) is 0.347. The number of carbonyl (C=O) groups is 2. The van der Waals surface area contributed by atoms with Crippen LogP contribution in [0, 0.1) is 0 Å². The maximum atomic E-state index is 12.4. The lowest BCUT2D eigenvalue weighted by Crippen LogP contribution is -2.37. The Balaban J connectivity index is 2.94. The van der Waals surface area contributed by atoms with Crippen LogP contribution in [0.25, 0.3) is 6.08 Å². The zero-order chi connectivity index (χ0) is 15.1. The van der Waals surface area contributed by atoms with E-state index in [1.165, 1.54) is 12.1 Å². The first-order valence-corrected chi connectivity index (χ1v) is 6.50. The van der Waals surface area contributed by atoms with Crippen molar-refractivity contribution in [3.63, 3.8) is 0 Å². The van der Waals surface area contributed by atoms with Gasteiger partial charge in [0.25, 0.3) is 12.3 Å². The summed E-state index contributed by atoms with van der Waals surface area (Å²) < 4.78 is 24.8. The lowest BCUT2D eigenvalue weighted by Gasteiger charge is -2.20. The molecule has 2 N–H and O–H groups in total. The van der Waals surface area contributed by atoms with Crippen molar-refractivity contribution >= 4 is 29.3 Å². The van der Waals surface area contributed by atoms with Gasteiger partial charge in [0.1, 0.15) is 0 Å². The molecule has 0 fully saturated rings. The van der Waals surface area contributed by atoms with E-state index >= 15 is 0 Å². The summed E-state index contributed by atoms with van der Waals surface area (Å²) in [6.07, 6.45) is -0.614. The molecule has 0 aliphatic rings. The van der Waals surface area contributed by atoms with Crippen LogP contribution in [0.15, 0.2) is 17.5 Å². The van der Waals surface area contributed by atoms with Crippen LogP contribution in [-0.2, 0) is 4.79 Å².